The Bertz CT molecular complexity index is 1610. The lowest BCUT2D eigenvalue weighted by Crippen LogP contribution is -2.38. The Morgan fingerprint density at radius 2 is 1.73 bits per heavy atom. The number of carbonyl (C=O) groups excluding carboxylic acids is 1. The van der Waals surface area contributed by atoms with E-state index < -0.39 is 0 Å². The van der Waals surface area contributed by atoms with Crippen LogP contribution in [-0.2, 0) is 33.1 Å². The molecule has 9 nitrogen and oxygen atoms in total. The van der Waals surface area contributed by atoms with Crippen LogP contribution in [0.3, 0.4) is 0 Å². The van der Waals surface area contributed by atoms with Gasteiger partial charge in [0, 0.05) is 60.9 Å². The van der Waals surface area contributed by atoms with Crippen LogP contribution in [0.2, 0.25) is 0 Å². The highest BCUT2D eigenvalue weighted by Gasteiger charge is 2.36. The molecular weight excluding hydrogens is 682 g/mol. The fourth-order valence-corrected chi connectivity index (χ4v) is 8.41. The second kappa shape index (κ2) is 17.8. The Balaban J connectivity index is 1.33. The van der Waals surface area contributed by atoms with Crippen LogP contribution in [0.1, 0.15) is 40.9 Å². The minimum Gasteiger partial charge on any atom is -0.493 e. The van der Waals surface area contributed by atoms with Crippen LogP contribution in [-0.4, -0.2) is 89.5 Å². The van der Waals surface area contributed by atoms with Crippen molar-refractivity contribution < 1.29 is 28.5 Å². The van der Waals surface area contributed by atoms with Gasteiger partial charge in [0.25, 0.3) is 5.91 Å². The summed E-state index contributed by atoms with van der Waals surface area (Å²) in [5.41, 5.74) is 6.13. The maximum Gasteiger partial charge on any atom is 0.261 e. The first kappa shape index (κ1) is 37.3. The number of hydrogen-bond acceptors (Lipinski definition) is 10. The fraction of sp³-hybridized carbons (Fsp3) is 0.459. The first-order valence-electron chi connectivity index (χ1n) is 16.4. The van der Waals surface area contributed by atoms with Crippen LogP contribution >= 0.6 is 33.2 Å². The third kappa shape index (κ3) is 9.65. The average Bonchev–Trinajstić information content (AvgIpc) is 3.42. The molecule has 2 aliphatic heterocycles. The molecule has 0 aliphatic carbocycles. The Morgan fingerprint density at radius 1 is 0.980 bits per heavy atom. The molecule has 2 heterocycles. The van der Waals surface area contributed by atoms with Crippen molar-refractivity contribution in [3.63, 3.8) is 0 Å². The number of methoxy groups -OCH3 is 2. The fourth-order valence-electron chi connectivity index (χ4n) is 6.09. The molecule has 0 aromatic heterocycles. The maximum atomic E-state index is 13.8. The van der Waals surface area contributed by atoms with Gasteiger partial charge in [0.15, 0.2) is 11.5 Å². The number of ether oxygens (including phenoxy) is 5. The summed E-state index contributed by atoms with van der Waals surface area (Å²) in [5.74, 6) is 1.26. The Kier molecular flexibility index (Phi) is 13.6. The van der Waals surface area contributed by atoms with Gasteiger partial charge in [-0.15, -0.1) is 11.6 Å². The van der Waals surface area contributed by atoms with Crippen LogP contribution in [0, 0.1) is 0 Å². The van der Waals surface area contributed by atoms with Gasteiger partial charge in [0.2, 0.25) is 0 Å². The number of fused-ring (bicyclic) bond motifs is 4. The molecule has 49 heavy (non-hydrogen) atoms. The first-order valence-corrected chi connectivity index (χ1v) is 19.5. The number of anilines is 2. The molecule has 0 saturated heterocycles. The van der Waals surface area contributed by atoms with Gasteiger partial charge >= 0.3 is 0 Å². The number of carbonyl (C=O) groups is 1. The summed E-state index contributed by atoms with van der Waals surface area (Å²) in [5, 5.41) is 0. The number of alkyl halides is 1. The molecule has 1 amide bonds. The van der Waals surface area contributed by atoms with E-state index >= 15 is 0 Å². The van der Waals surface area contributed by atoms with E-state index in [1.54, 1.807) is 37.1 Å². The van der Waals surface area contributed by atoms with Crippen molar-refractivity contribution in [3.8, 4) is 11.5 Å². The second-order valence-electron chi connectivity index (χ2n) is 12.5. The van der Waals surface area contributed by atoms with E-state index in [4.69, 9.17) is 40.3 Å². The van der Waals surface area contributed by atoms with Crippen molar-refractivity contribution in [1.29, 1.82) is 0 Å². The zero-order valence-electron chi connectivity index (χ0n) is 28.9. The van der Waals surface area contributed by atoms with E-state index in [1.807, 2.05) is 40.1 Å². The third-order valence-electron chi connectivity index (χ3n) is 8.27. The zero-order valence-corrected chi connectivity index (χ0v) is 31.3. The molecule has 0 N–H and O–H groups in total. The minimum absolute atomic E-state index is 0.0133. The molecule has 3 aromatic rings. The van der Waals surface area contributed by atoms with Gasteiger partial charge < -0.3 is 28.6 Å². The topological polar surface area (TPSA) is 82.1 Å². The Morgan fingerprint density at radius 3 is 2.49 bits per heavy atom. The van der Waals surface area contributed by atoms with Crippen molar-refractivity contribution in [3.05, 3.63) is 76.9 Å². The van der Waals surface area contributed by atoms with Crippen LogP contribution in [0.4, 0.5) is 17.1 Å². The third-order valence-corrected chi connectivity index (χ3v) is 11.2. The van der Waals surface area contributed by atoms with Gasteiger partial charge in [-0.25, -0.2) is 0 Å². The van der Waals surface area contributed by atoms with E-state index in [9.17, 15) is 4.79 Å². The van der Waals surface area contributed by atoms with Crippen molar-refractivity contribution >= 4 is 62.4 Å². The summed E-state index contributed by atoms with van der Waals surface area (Å²) >= 11 is 6.42. The van der Waals surface area contributed by atoms with Crippen molar-refractivity contribution in [1.82, 2.24) is 0 Å². The smallest absolute Gasteiger partial charge is 0.261 e. The SMILES string of the molecule is COCCOCCOCCN(CC(C)(C)SSC)c1cc(CCl)cc(COc2cc3c(cc2OC)C(=O)N2c4ccccc4CC2C=N3)c1. The highest BCUT2D eigenvalue weighted by atomic mass is 35.5. The van der Waals surface area contributed by atoms with Gasteiger partial charge in [-0.3, -0.25) is 14.7 Å². The molecule has 0 bridgehead atoms. The summed E-state index contributed by atoms with van der Waals surface area (Å²) in [7, 11) is 6.86. The van der Waals surface area contributed by atoms with Gasteiger partial charge in [-0.2, -0.15) is 0 Å². The molecule has 0 fully saturated rings. The van der Waals surface area contributed by atoms with Gasteiger partial charge in [-0.1, -0.05) is 45.9 Å². The van der Waals surface area contributed by atoms with E-state index in [0.29, 0.717) is 68.2 Å². The summed E-state index contributed by atoms with van der Waals surface area (Å²) in [6, 6.07) is 17.8. The molecule has 0 spiro atoms. The first-order chi connectivity index (χ1) is 23.8. The standard InChI is InChI=1S/C37H46ClN3O6S2/c1-37(2,49-48-5)25-40(10-11-45-14-15-46-13-12-43-3)29-17-26(22-38)16-27(18-29)24-47-35-21-32-31(20-34(35)44-4)36(42)41-30(23-39-32)19-28-8-6-7-9-33(28)41/h6-9,16-18,20-21,23,30H,10-15,19,22,24-25H2,1-5H3. The number of rotatable bonds is 19. The lowest BCUT2D eigenvalue weighted by atomic mass is 10.1. The lowest BCUT2D eigenvalue weighted by Gasteiger charge is -2.34. The monoisotopic (exact) mass is 727 g/mol. The predicted molar refractivity (Wildman–Crippen MR) is 203 cm³/mol. The maximum absolute atomic E-state index is 13.8. The largest absolute Gasteiger partial charge is 0.493 e. The zero-order chi connectivity index (χ0) is 34.8. The van der Waals surface area contributed by atoms with E-state index in [1.165, 1.54) is 0 Å². The summed E-state index contributed by atoms with van der Waals surface area (Å²) < 4.78 is 28.6. The molecule has 1 unspecified atom stereocenters. The summed E-state index contributed by atoms with van der Waals surface area (Å²) in [4.78, 5) is 22.8. The van der Waals surface area contributed by atoms with Crippen LogP contribution in [0.5, 0.6) is 11.5 Å². The number of amides is 1. The number of aliphatic imine (C=N–C) groups is 1. The highest BCUT2D eigenvalue weighted by molar-refractivity contribution is 8.77. The van der Waals surface area contributed by atoms with E-state index in [-0.39, 0.29) is 23.3 Å². The molecule has 2 aliphatic rings. The van der Waals surface area contributed by atoms with Crippen molar-refractivity contribution in [2.24, 2.45) is 4.99 Å². The molecule has 1 atom stereocenters. The van der Waals surface area contributed by atoms with Gasteiger partial charge in [0.05, 0.1) is 57.4 Å². The van der Waals surface area contributed by atoms with Crippen LogP contribution in [0.25, 0.3) is 0 Å². The molecule has 0 saturated carbocycles. The predicted octanol–water partition coefficient (Wildman–Crippen LogP) is 7.58. The number of benzene rings is 3. The van der Waals surface area contributed by atoms with E-state index in [0.717, 1.165) is 41.0 Å². The number of nitrogens with zero attached hydrogens (tertiary/aromatic N) is 3. The molecule has 264 valence electrons. The van der Waals surface area contributed by atoms with Crippen LogP contribution in [0.15, 0.2) is 59.6 Å². The normalized spacial score (nSPS) is 15.1. The second-order valence-corrected chi connectivity index (χ2v) is 15.8. The van der Waals surface area contributed by atoms with E-state index in [2.05, 4.69) is 49.3 Å². The van der Waals surface area contributed by atoms with Gasteiger partial charge in [0.1, 0.15) is 6.61 Å². The van der Waals surface area contributed by atoms with Crippen molar-refractivity contribution in [2.45, 2.75) is 43.5 Å². The molecule has 0 radical (unpaired) electrons. The average molecular weight is 728 g/mol. The minimum atomic E-state index is -0.133. The quantitative estimate of drug-likeness (QED) is 0.0706. The van der Waals surface area contributed by atoms with Crippen LogP contribution < -0.4 is 19.3 Å². The molecule has 5 rings (SSSR count). The Hall–Kier alpha value is -2.93. The number of hydrogen-bond donors (Lipinski definition) is 0. The summed E-state index contributed by atoms with van der Waals surface area (Å²) in [6.07, 6.45) is 4.70. The number of para-hydroxylation sites is 1. The molecule has 3 aromatic carbocycles. The summed E-state index contributed by atoms with van der Waals surface area (Å²) in [6.45, 7) is 9.02. The molecule has 12 heteroatoms. The molecular formula is C37H46ClN3O6S2. The lowest BCUT2D eigenvalue weighted by molar-refractivity contribution is 0.0264. The van der Waals surface area contributed by atoms with Crippen molar-refractivity contribution in [2.75, 3.05) is 76.4 Å². The Labute approximate surface area is 303 Å². The highest BCUT2D eigenvalue weighted by Crippen LogP contribution is 2.41. The number of halogens is 1. The van der Waals surface area contributed by atoms with Gasteiger partial charge in [-0.05, 0) is 61.1 Å².